The number of piperidine rings is 1. The number of benzene rings is 1. The predicted octanol–water partition coefficient (Wildman–Crippen LogP) is 2.44. The second kappa shape index (κ2) is 6.55. The number of aromatic nitrogens is 2. The Morgan fingerprint density at radius 2 is 1.96 bits per heavy atom. The van der Waals surface area contributed by atoms with Gasteiger partial charge in [-0.05, 0) is 50.3 Å². The summed E-state index contributed by atoms with van der Waals surface area (Å²) in [4.78, 5) is 25.8. The Hall–Kier alpha value is -2.70. The topological polar surface area (TPSA) is 75.4 Å². The number of nitrogens with zero attached hydrogens (tertiary/aromatic N) is 3. The molecule has 4 rings (SSSR count). The SMILES string of the molecule is O=C(O)C1CCN(C(=O)c2nn(-c3cccc(F)c3)c3c2CCC3)CC1. The van der Waals surface area contributed by atoms with Crippen molar-refractivity contribution in [3.05, 3.63) is 47.0 Å². The fourth-order valence-electron chi connectivity index (χ4n) is 3.91. The summed E-state index contributed by atoms with van der Waals surface area (Å²) >= 11 is 0. The van der Waals surface area contributed by atoms with Gasteiger partial charge < -0.3 is 10.0 Å². The molecular formula is C19H20FN3O3. The molecule has 2 heterocycles. The van der Waals surface area contributed by atoms with Crippen LogP contribution in [0.4, 0.5) is 4.39 Å². The zero-order valence-electron chi connectivity index (χ0n) is 14.3. The lowest BCUT2D eigenvalue weighted by atomic mass is 9.97. The molecule has 0 unspecified atom stereocenters. The summed E-state index contributed by atoms with van der Waals surface area (Å²) in [6, 6.07) is 6.21. The molecule has 1 aromatic carbocycles. The number of likely N-dealkylation sites (tertiary alicyclic amines) is 1. The van der Waals surface area contributed by atoms with Crippen molar-refractivity contribution in [2.45, 2.75) is 32.1 Å². The Bertz CT molecular complexity index is 869. The number of halogens is 1. The normalized spacial score (nSPS) is 17.3. The maximum Gasteiger partial charge on any atom is 0.306 e. The molecule has 0 saturated carbocycles. The Balaban J connectivity index is 1.63. The quantitative estimate of drug-likeness (QED) is 0.915. The maximum absolute atomic E-state index is 13.6. The van der Waals surface area contributed by atoms with Crippen molar-refractivity contribution in [2.24, 2.45) is 5.92 Å². The zero-order valence-corrected chi connectivity index (χ0v) is 14.3. The van der Waals surface area contributed by atoms with Crippen LogP contribution in [0.25, 0.3) is 5.69 Å². The third-order valence-electron chi connectivity index (χ3n) is 5.32. The van der Waals surface area contributed by atoms with E-state index in [4.69, 9.17) is 5.11 Å². The largest absolute Gasteiger partial charge is 0.481 e. The van der Waals surface area contributed by atoms with Crippen LogP contribution in [-0.2, 0) is 17.6 Å². The smallest absolute Gasteiger partial charge is 0.306 e. The summed E-state index contributed by atoms with van der Waals surface area (Å²) in [7, 11) is 0. The van der Waals surface area contributed by atoms with Crippen LogP contribution in [-0.4, -0.2) is 44.8 Å². The number of fused-ring (bicyclic) bond motifs is 1. The van der Waals surface area contributed by atoms with E-state index >= 15 is 0 Å². The van der Waals surface area contributed by atoms with Gasteiger partial charge in [0.25, 0.3) is 5.91 Å². The molecule has 0 radical (unpaired) electrons. The molecule has 0 bridgehead atoms. The average molecular weight is 357 g/mol. The Morgan fingerprint density at radius 3 is 2.65 bits per heavy atom. The number of hydrogen-bond donors (Lipinski definition) is 1. The van der Waals surface area contributed by atoms with Gasteiger partial charge in [0.2, 0.25) is 0 Å². The van der Waals surface area contributed by atoms with Gasteiger partial charge in [0, 0.05) is 24.3 Å². The highest BCUT2D eigenvalue weighted by Crippen LogP contribution is 2.29. The summed E-state index contributed by atoms with van der Waals surface area (Å²) < 4.78 is 15.3. The first-order valence-electron chi connectivity index (χ1n) is 8.93. The molecule has 0 spiro atoms. The first kappa shape index (κ1) is 16.8. The van der Waals surface area contributed by atoms with Crippen molar-refractivity contribution >= 4 is 11.9 Å². The van der Waals surface area contributed by atoms with Gasteiger partial charge >= 0.3 is 5.97 Å². The molecule has 136 valence electrons. The molecule has 7 heteroatoms. The van der Waals surface area contributed by atoms with Gasteiger partial charge in [-0.3, -0.25) is 9.59 Å². The van der Waals surface area contributed by atoms with Gasteiger partial charge in [-0.25, -0.2) is 9.07 Å². The predicted molar refractivity (Wildman–Crippen MR) is 91.8 cm³/mol. The van der Waals surface area contributed by atoms with Crippen molar-refractivity contribution in [2.75, 3.05) is 13.1 Å². The lowest BCUT2D eigenvalue weighted by molar-refractivity contribution is -0.143. The second-order valence-corrected chi connectivity index (χ2v) is 6.92. The highest BCUT2D eigenvalue weighted by molar-refractivity contribution is 5.94. The number of carboxylic acid groups (broad SMARTS) is 1. The Labute approximate surface area is 150 Å². The zero-order chi connectivity index (χ0) is 18.3. The number of rotatable bonds is 3. The molecule has 1 aromatic heterocycles. The summed E-state index contributed by atoms with van der Waals surface area (Å²) in [5.41, 5.74) is 2.96. The Kier molecular flexibility index (Phi) is 4.22. The number of aliphatic carboxylic acids is 1. The van der Waals surface area contributed by atoms with Crippen LogP contribution >= 0.6 is 0 Å². The molecule has 2 aromatic rings. The number of carbonyl (C=O) groups excluding carboxylic acids is 1. The molecule has 1 amide bonds. The summed E-state index contributed by atoms with van der Waals surface area (Å²) in [5.74, 6) is -1.67. The van der Waals surface area contributed by atoms with Crippen LogP contribution in [0.2, 0.25) is 0 Å². The van der Waals surface area contributed by atoms with Gasteiger partial charge in [0.1, 0.15) is 5.82 Å². The minimum absolute atomic E-state index is 0.151. The third-order valence-corrected chi connectivity index (χ3v) is 5.32. The van der Waals surface area contributed by atoms with Crippen molar-refractivity contribution in [3.63, 3.8) is 0 Å². The summed E-state index contributed by atoms with van der Waals surface area (Å²) in [5, 5.41) is 13.6. The highest BCUT2D eigenvalue weighted by atomic mass is 19.1. The molecule has 26 heavy (non-hydrogen) atoms. The van der Waals surface area contributed by atoms with Gasteiger partial charge in [-0.2, -0.15) is 5.10 Å². The van der Waals surface area contributed by atoms with Crippen molar-refractivity contribution in [1.29, 1.82) is 0 Å². The van der Waals surface area contributed by atoms with Gasteiger partial charge in [0.05, 0.1) is 11.6 Å². The molecule has 1 saturated heterocycles. The molecule has 1 aliphatic carbocycles. The van der Waals surface area contributed by atoms with Crippen LogP contribution in [0.3, 0.4) is 0 Å². The van der Waals surface area contributed by atoms with E-state index in [2.05, 4.69) is 5.10 Å². The van der Waals surface area contributed by atoms with Gasteiger partial charge in [-0.15, -0.1) is 0 Å². The van der Waals surface area contributed by atoms with E-state index in [1.807, 2.05) is 0 Å². The van der Waals surface area contributed by atoms with Crippen molar-refractivity contribution in [1.82, 2.24) is 14.7 Å². The fraction of sp³-hybridized carbons (Fsp3) is 0.421. The van der Waals surface area contributed by atoms with Crippen molar-refractivity contribution in [3.8, 4) is 5.69 Å². The van der Waals surface area contributed by atoms with Crippen LogP contribution in [0.5, 0.6) is 0 Å². The standard InChI is InChI=1S/C19H20FN3O3/c20-13-3-1-4-14(11-13)23-16-6-2-5-15(16)17(21-23)18(24)22-9-7-12(8-10-22)19(25)26/h1,3-4,11-12H,2,5-10H2,(H,25,26). The first-order chi connectivity index (χ1) is 12.5. The summed E-state index contributed by atoms with van der Waals surface area (Å²) in [6.45, 7) is 0.856. The first-order valence-corrected chi connectivity index (χ1v) is 8.93. The van der Waals surface area contributed by atoms with Crippen LogP contribution in [0.15, 0.2) is 24.3 Å². The minimum Gasteiger partial charge on any atom is -0.481 e. The van der Waals surface area contributed by atoms with Crippen molar-refractivity contribution < 1.29 is 19.1 Å². The van der Waals surface area contributed by atoms with Gasteiger partial charge in [-0.1, -0.05) is 6.07 Å². The second-order valence-electron chi connectivity index (χ2n) is 6.92. The molecule has 0 atom stereocenters. The molecule has 1 N–H and O–H groups in total. The fourth-order valence-corrected chi connectivity index (χ4v) is 3.91. The third kappa shape index (κ3) is 2.87. The highest BCUT2D eigenvalue weighted by Gasteiger charge is 2.32. The van der Waals surface area contributed by atoms with E-state index < -0.39 is 5.97 Å². The van der Waals surface area contributed by atoms with E-state index in [1.54, 1.807) is 21.7 Å². The molecule has 1 fully saturated rings. The average Bonchev–Trinajstić information content (AvgIpc) is 3.23. The monoisotopic (exact) mass is 357 g/mol. The Morgan fingerprint density at radius 1 is 1.19 bits per heavy atom. The van der Waals surface area contributed by atoms with E-state index in [1.165, 1.54) is 12.1 Å². The lowest BCUT2D eigenvalue weighted by Crippen LogP contribution is -2.40. The number of carbonyl (C=O) groups is 2. The van der Waals surface area contributed by atoms with E-state index in [9.17, 15) is 14.0 Å². The molecular weight excluding hydrogens is 337 g/mol. The van der Waals surface area contributed by atoms with E-state index in [0.29, 0.717) is 37.3 Å². The number of amides is 1. The van der Waals surface area contributed by atoms with Crippen LogP contribution in [0.1, 0.15) is 41.0 Å². The minimum atomic E-state index is -0.798. The summed E-state index contributed by atoms with van der Waals surface area (Å²) in [6.07, 6.45) is 3.48. The molecule has 1 aliphatic heterocycles. The maximum atomic E-state index is 13.6. The van der Waals surface area contributed by atoms with Crippen LogP contribution < -0.4 is 0 Å². The number of carboxylic acids is 1. The van der Waals surface area contributed by atoms with E-state index in [-0.39, 0.29) is 17.6 Å². The molecule has 2 aliphatic rings. The van der Waals surface area contributed by atoms with E-state index in [0.717, 1.165) is 30.5 Å². The van der Waals surface area contributed by atoms with Gasteiger partial charge in [0.15, 0.2) is 5.69 Å². The lowest BCUT2D eigenvalue weighted by Gasteiger charge is -2.29. The molecule has 6 nitrogen and oxygen atoms in total. The number of hydrogen-bond acceptors (Lipinski definition) is 3. The van der Waals surface area contributed by atoms with Crippen LogP contribution in [0, 0.1) is 11.7 Å².